The topological polar surface area (TPSA) is 43.1 Å². The van der Waals surface area contributed by atoms with Gasteiger partial charge < -0.3 is 5.73 Å². The van der Waals surface area contributed by atoms with Crippen LogP contribution in [0.15, 0.2) is 0 Å². The van der Waals surface area contributed by atoms with Crippen LogP contribution in [0.25, 0.3) is 0 Å². The molecule has 0 fully saturated rings. The van der Waals surface area contributed by atoms with Gasteiger partial charge in [-0.3, -0.25) is 4.79 Å². The van der Waals surface area contributed by atoms with Gasteiger partial charge in [0, 0.05) is 11.0 Å². The normalized spacial score (nSPS) is 17.7. The smallest absolute Gasteiger partial charge is 0.136 e. The molecule has 0 saturated carbocycles. The zero-order valence-electron chi connectivity index (χ0n) is 10.7. The molecule has 0 aliphatic carbocycles. The van der Waals surface area contributed by atoms with Crippen LogP contribution >= 0.6 is 0 Å². The lowest BCUT2D eigenvalue weighted by Gasteiger charge is -2.43. The second-order valence-electron chi connectivity index (χ2n) is 6.30. The molecule has 0 aromatic heterocycles. The fraction of sp³-hybridized carbons (Fsp3) is 0.917. The molecule has 1 unspecified atom stereocenters. The lowest BCUT2D eigenvalue weighted by Crippen LogP contribution is -2.47. The number of Topliss-reactive ketones (excluding diaryl/α,β-unsaturated/α-hetero) is 1. The molecule has 0 spiro atoms. The van der Waals surface area contributed by atoms with Crippen LogP contribution < -0.4 is 5.73 Å². The predicted octanol–water partition coefficient (Wildman–Crippen LogP) is 2.76. The first kappa shape index (κ1) is 13.6. The highest BCUT2D eigenvalue weighted by Gasteiger charge is 2.44. The van der Waals surface area contributed by atoms with E-state index >= 15 is 0 Å². The second kappa shape index (κ2) is 3.65. The molecule has 0 bridgehead atoms. The first-order valence-electron chi connectivity index (χ1n) is 5.20. The van der Waals surface area contributed by atoms with E-state index in [4.69, 9.17) is 5.73 Å². The van der Waals surface area contributed by atoms with Crippen LogP contribution in [0.5, 0.6) is 0 Å². The van der Waals surface area contributed by atoms with E-state index in [1.165, 1.54) is 0 Å². The summed E-state index contributed by atoms with van der Waals surface area (Å²) in [4.78, 5) is 11.7. The van der Waals surface area contributed by atoms with Crippen molar-refractivity contribution in [2.24, 2.45) is 16.6 Å². The third-order valence-electron chi connectivity index (χ3n) is 3.24. The fourth-order valence-electron chi connectivity index (χ4n) is 1.83. The van der Waals surface area contributed by atoms with Gasteiger partial charge in [0.1, 0.15) is 5.78 Å². The summed E-state index contributed by atoms with van der Waals surface area (Å²) in [6.45, 7) is 13.9. The van der Waals surface area contributed by atoms with Gasteiger partial charge in [-0.25, -0.2) is 0 Å². The Hall–Kier alpha value is -0.370. The van der Waals surface area contributed by atoms with E-state index in [1.807, 2.05) is 20.8 Å². The molecule has 0 saturated heterocycles. The van der Waals surface area contributed by atoms with Crippen molar-refractivity contribution in [3.8, 4) is 0 Å². The highest BCUT2D eigenvalue weighted by atomic mass is 16.1. The van der Waals surface area contributed by atoms with Gasteiger partial charge in [0.05, 0.1) is 0 Å². The van der Waals surface area contributed by atoms with Crippen LogP contribution in [0, 0.1) is 10.8 Å². The summed E-state index contributed by atoms with van der Waals surface area (Å²) in [7, 11) is 0. The molecule has 0 amide bonds. The minimum Gasteiger partial charge on any atom is -0.326 e. The van der Waals surface area contributed by atoms with Crippen LogP contribution in [0.2, 0.25) is 0 Å². The Kier molecular flexibility index (Phi) is 3.55. The van der Waals surface area contributed by atoms with Crippen LogP contribution in [0.3, 0.4) is 0 Å². The van der Waals surface area contributed by atoms with E-state index in [1.54, 1.807) is 6.92 Å². The van der Waals surface area contributed by atoms with Gasteiger partial charge in [0.15, 0.2) is 0 Å². The Morgan fingerprint density at radius 1 is 1.07 bits per heavy atom. The highest BCUT2D eigenvalue weighted by Crippen LogP contribution is 2.44. The molecule has 0 heterocycles. The van der Waals surface area contributed by atoms with Crippen molar-refractivity contribution >= 4 is 5.78 Å². The molecule has 0 radical (unpaired) electrons. The van der Waals surface area contributed by atoms with Gasteiger partial charge in [-0.05, 0) is 32.6 Å². The predicted molar refractivity (Wildman–Crippen MR) is 61.1 cm³/mol. The van der Waals surface area contributed by atoms with E-state index in [0.717, 1.165) is 6.42 Å². The van der Waals surface area contributed by atoms with Crippen LogP contribution in [0.4, 0.5) is 0 Å². The molecule has 2 N–H and O–H groups in total. The van der Waals surface area contributed by atoms with E-state index in [-0.39, 0.29) is 22.2 Å². The summed E-state index contributed by atoms with van der Waals surface area (Å²) < 4.78 is 0. The van der Waals surface area contributed by atoms with E-state index in [0.29, 0.717) is 0 Å². The Morgan fingerprint density at radius 3 is 1.50 bits per heavy atom. The maximum atomic E-state index is 11.7. The van der Waals surface area contributed by atoms with Gasteiger partial charge in [-0.15, -0.1) is 0 Å². The quantitative estimate of drug-likeness (QED) is 0.759. The first-order chi connectivity index (χ1) is 5.90. The third-order valence-corrected chi connectivity index (χ3v) is 3.24. The van der Waals surface area contributed by atoms with Crippen LogP contribution in [-0.4, -0.2) is 11.3 Å². The number of hydrogen-bond acceptors (Lipinski definition) is 2. The van der Waals surface area contributed by atoms with Crippen LogP contribution in [0.1, 0.15) is 54.9 Å². The number of rotatable bonds is 3. The molecule has 0 aliphatic rings. The van der Waals surface area contributed by atoms with Gasteiger partial charge in [0.25, 0.3) is 0 Å². The standard InChI is InChI=1S/C12H25NO/c1-9(14)12(7,10(2,3)4)8-11(5,6)13/h8,13H2,1-7H3. The van der Waals surface area contributed by atoms with Crippen molar-refractivity contribution in [2.75, 3.05) is 0 Å². The van der Waals surface area contributed by atoms with E-state index in [9.17, 15) is 4.79 Å². The lowest BCUT2D eigenvalue weighted by atomic mass is 9.61. The van der Waals surface area contributed by atoms with Gasteiger partial charge in [-0.1, -0.05) is 27.7 Å². The number of ketones is 1. The minimum atomic E-state index is -0.342. The average Bonchev–Trinajstić information content (AvgIpc) is 1.79. The minimum absolute atomic E-state index is 0.0462. The summed E-state index contributed by atoms with van der Waals surface area (Å²) in [5, 5.41) is 0. The number of nitrogens with two attached hydrogens (primary N) is 1. The van der Waals surface area contributed by atoms with E-state index < -0.39 is 0 Å². The third kappa shape index (κ3) is 3.09. The molecule has 0 aromatic carbocycles. The highest BCUT2D eigenvalue weighted by molar-refractivity contribution is 5.82. The number of carbonyl (C=O) groups excluding carboxylic acids is 1. The molecule has 0 aromatic rings. The second-order valence-corrected chi connectivity index (χ2v) is 6.30. The van der Waals surface area contributed by atoms with Crippen molar-refractivity contribution in [3.63, 3.8) is 0 Å². The molecular formula is C12H25NO. The Balaban J connectivity index is 5.04. The molecule has 1 atom stereocenters. The SMILES string of the molecule is CC(=O)C(C)(CC(C)(C)N)C(C)(C)C. The van der Waals surface area contributed by atoms with Gasteiger partial charge in [-0.2, -0.15) is 0 Å². The molecule has 0 aliphatic heterocycles. The molecule has 2 heteroatoms. The maximum Gasteiger partial charge on any atom is 0.136 e. The lowest BCUT2D eigenvalue weighted by molar-refractivity contribution is -0.133. The van der Waals surface area contributed by atoms with Crippen molar-refractivity contribution in [3.05, 3.63) is 0 Å². The van der Waals surface area contributed by atoms with Crippen molar-refractivity contribution in [1.82, 2.24) is 0 Å². The number of hydrogen-bond donors (Lipinski definition) is 1. The first-order valence-corrected chi connectivity index (χ1v) is 5.20. The summed E-state index contributed by atoms with van der Waals surface area (Å²) in [6.07, 6.45) is 0.721. The maximum absolute atomic E-state index is 11.7. The zero-order chi connectivity index (χ0) is 11.8. The molecule has 84 valence electrons. The largest absolute Gasteiger partial charge is 0.326 e. The van der Waals surface area contributed by atoms with Crippen LogP contribution in [-0.2, 0) is 4.79 Å². The monoisotopic (exact) mass is 199 g/mol. The van der Waals surface area contributed by atoms with Crippen molar-refractivity contribution in [1.29, 1.82) is 0 Å². The molecule has 0 rings (SSSR count). The summed E-state index contributed by atoms with van der Waals surface area (Å²) >= 11 is 0. The van der Waals surface area contributed by atoms with Gasteiger partial charge >= 0.3 is 0 Å². The number of carbonyl (C=O) groups is 1. The molecule has 14 heavy (non-hydrogen) atoms. The van der Waals surface area contributed by atoms with E-state index in [2.05, 4.69) is 20.8 Å². The summed E-state index contributed by atoms with van der Waals surface area (Å²) in [6, 6.07) is 0. The van der Waals surface area contributed by atoms with Crippen molar-refractivity contribution < 1.29 is 4.79 Å². The zero-order valence-corrected chi connectivity index (χ0v) is 10.7. The summed E-state index contributed by atoms with van der Waals surface area (Å²) in [5.74, 6) is 0.225. The Labute approximate surface area is 88.3 Å². The average molecular weight is 199 g/mol. The van der Waals surface area contributed by atoms with Crippen molar-refractivity contribution in [2.45, 2.75) is 60.4 Å². The van der Waals surface area contributed by atoms with Gasteiger partial charge in [0.2, 0.25) is 0 Å². The Morgan fingerprint density at radius 2 is 1.43 bits per heavy atom. The summed E-state index contributed by atoms with van der Waals surface area (Å²) in [5.41, 5.74) is 5.32. The Bertz CT molecular complexity index is 219. The molecular weight excluding hydrogens is 174 g/mol. The molecule has 2 nitrogen and oxygen atoms in total. The fourth-order valence-corrected chi connectivity index (χ4v) is 1.83.